The third-order valence-corrected chi connectivity index (χ3v) is 4.55. The maximum absolute atomic E-state index is 4.47. The average Bonchev–Trinajstić information content (AvgIpc) is 2.66. The van der Waals surface area contributed by atoms with Crippen molar-refractivity contribution in [3.8, 4) is 0 Å². The normalized spacial score (nSPS) is 18.1. The van der Waals surface area contributed by atoms with Crippen LogP contribution in [0.5, 0.6) is 0 Å². The lowest BCUT2D eigenvalue weighted by atomic mass is 9.97. The molecular formula is C15H28N4. The van der Waals surface area contributed by atoms with Gasteiger partial charge in [-0.25, -0.2) is 0 Å². The number of aromatic nitrogens is 2. The summed E-state index contributed by atoms with van der Waals surface area (Å²) in [5.41, 5.74) is 3.81. The third-order valence-electron chi connectivity index (χ3n) is 4.55. The Morgan fingerprint density at radius 1 is 1.26 bits per heavy atom. The summed E-state index contributed by atoms with van der Waals surface area (Å²) in [5.74, 6) is 0.847. The molecule has 1 aliphatic rings. The Morgan fingerprint density at radius 3 is 2.47 bits per heavy atom. The molecule has 0 aliphatic carbocycles. The first-order valence-corrected chi connectivity index (χ1v) is 7.54. The molecular weight excluding hydrogens is 236 g/mol. The smallest absolute Gasteiger partial charge is 0.0641 e. The maximum atomic E-state index is 4.47. The Hall–Kier alpha value is -0.870. The van der Waals surface area contributed by atoms with Gasteiger partial charge in [-0.1, -0.05) is 6.92 Å². The Bertz CT molecular complexity index is 403. The van der Waals surface area contributed by atoms with Crippen LogP contribution in [-0.2, 0) is 13.6 Å². The minimum absolute atomic E-state index is 0.847. The van der Waals surface area contributed by atoms with Crippen LogP contribution in [0.3, 0.4) is 0 Å². The van der Waals surface area contributed by atoms with Gasteiger partial charge in [0.2, 0.25) is 0 Å². The van der Waals surface area contributed by atoms with Crippen LogP contribution in [0.1, 0.15) is 36.7 Å². The van der Waals surface area contributed by atoms with Gasteiger partial charge >= 0.3 is 0 Å². The number of hydrogen-bond donors (Lipinski definition) is 1. The second-order valence-corrected chi connectivity index (χ2v) is 5.78. The van der Waals surface area contributed by atoms with E-state index in [0.717, 1.165) is 24.7 Å². The summed E-state index contributed by atoms with van der Waals surface area (Å²) < 4.78 is 1.98. The van der Waals surface area contributed by atoms with Crippen molar-refractivity contribution in [2.24, 2.45) is 13.0 Å². The SMILES string of the molecule is CCN1CCC(CNCc2c(C)nn(C)c2C)CC1. The highest BCUT2D eigenvalue weighted by Gasteiger charge is 2.18. The summed E-state index contributed by atoms with van der Waals surface area (Å²) in [6.07, 6.45) is 2.68. The molecule has 1 aliphatic heterocycles. The highest BCUT2D eigenvalue weighted by atomic mass is 15.3. The van der Waals surface area contributed by atoms with E-state index in [1.807, 2.05) is 11.7 Å². The highest BCUT2D eigenvalue weighted by molar-refractivity contribution is 5.23. The zero-order valence-electron chi connectivity index (χ0n) is 12.9. The van der Waals surface area contributed by atoms with Crippen LogP contribution >= 0.6 is 0 Å². The van der Waals surface area contributed by atoms with E-state index in [4.69, 9.17) is 0 Å². The van der Waals surface area contributed by atoms with Crippen molar-refractivity contribution in [2.45, 2.75) is 40.2 Å². The first kappa shape index (κ1) is 14.5. The van der Waals surface area contributed by atoms with Crippen LogP contribution in [0.15, 0.2) is 0 Å². The van der Waals surface area contributed by atoms with Crippen molar-refractivity contribution in [2.75, 3.05) is 26.2 Å². The first-order valence-electron chi connectivity index (χ1n) is 7.54. The van der Waals surface area contributed by atoms with Gasteiger partial charge in [0.1, 0.15) is 0 Å². The number of piperidine rings is 1. The third kappa shape index (κ3) is 3.57. The predicted molar refractivity (Wildman–Crippen MR) is 79.2 cm³/mol. The number of rotatable bonds is 5. The quantitative estimate of drug-likeness (QED) is 0.881. The van der Waals surface area contributed by atoms with Gasteiger partial charge in [0.15, 0.2) is 0 Å². The monoisotopic (exact) mass is 264 g/mol. The molecule has 0 bridgehead atoms. The minimum Gasteiger partial charge on any atom is -0.312 e. The van der Waals surface area contributed by atoms with E-state index in [-0.39, 0.29) is 0 Å². The van der Waals surface area contributed by atoms with E-state index in [0.29, 0.717) is 0 Å². The van der Waals surface area contributed by atoms with Crippen LogP contribution in [-0.4, -0.2) is 40.9 Å². The molecule has 1 aromatic heterocycles. The Kier molecular flexibility index (Phi) is 4.99. The van der Waals surface area contributed by atoms with Crippen molar-refractivity contribution in [1.29, 1.82) is 0 Å². The summed E-state index contributed by atoms with van der Waals surface area (Å²) in [6.45, 7) is 12.4. The highest BCUT2D eigenvalue weighted by Crippen LogP contribution is 2.17. The van der Waals surface area contributed by atoms with Crippen LogP contribution in [0.2, 0.25) is 0 Å². The first-order chi connectivity index (χ1) is 9.11. The molecule has 4 nitrogen and oxygen atoms in total. The number of hydrogen-bond acceptors (Lipinski definition) is 3. The van der Waals surface area contributed by atoms with Crippen molar-refractivity contribution in [1.82, 2.24) is 20.0 Å². The lowest BCUT2D eigenvalue weighted by molar-refractivity contribution is 0.190. The van der Waals surface area contributed by atoms with Crippen molar-refractivity contribution in [3.63, 3.8) is 0 Å². The van der Waals surface area contributed by atoms with Gasteiger partial charge in [-0.2, -0.15) is 5.10 Å². The van der Waals surface area contributed by atoms with Crippen molar-refractivity contribution >= 4 is 0 Å². The van der Waals surface area contributed by atoms with Gasteiger partial charge in [0, 0.05) is 24.8 Å². The number of nitrogens with one attached hydrogen (secondary N) is 1. The lowest BCUT2D eigenvalue weighted by Gasteiger charge is -2.31. The van der Waals surface area contributed by atoms with Crippen LogP contribution in [0.4, 0.5) is 0 Å². The van der Waals surface area contributed by atoms with Crippen molar-refractivity contribution < 1.29 is 0 Å². The van der Waals surface area contributed by atoms with Crippen LogP contribution < -0.4 is 5.32 Å². The molecule has 4 heteroatoms. The van der Waals surface area contributed by atoms with Gasteiger partial charge in [-0.3, -0.25) is 4.68 Å². The van der Waals surface area contributed by atoms with Crippen molar-refractivity contribution in [3.05, 3.63) is 17.0 Å². The van der Waals surface area contributed by atoms with E-state index in [2.05, 4.69) is 36.1 Å². The van der Waals surface area contributed by atoms with Gasteiger partial charge in [0.25, 0.3) is 0 Å². The Balaban J connectivity index is 1.75. The molecule has 2 rings (SSSR count). The second-order valence-electron chi connectivity index (χ2n) is 5.78. The van der Waals surface area contributed by atoms with E-state index in [1.54, 1.807) is 0 Å². The Labute approximate surface area is 117 Å². The molecule has 1 fully saturated rings. The molecule has 1 aromatic rings. The van der Waals surface area contributed by atoms with Gasteiger partial charge < -0.3 is 10.2 Å². The molecule has 0 radical (unpaired) electrons. The van der Waals surface area contributed by atoms with E-state index in [1.165, 1.54) is 43.7 Å². The van der Waals surface area contributed by atoms with Crippen LogP contribution in [0.25, 0.3) is 0 Å². The number of aryl methyl sites for hydroxylation is 2. The van der Waals surface area contributed by atoms with Gasteiger partial charge in [0.05, 0.1) is 5.69 Å². The number of nitrogens with zero attached hydrogens (tertiary/aromatic N) is 3. The fraction of sp³-hybridized carbons (Fsp3) is 0.800. The summed E-state index contributed by atoms with van der Waals surface area (Å²) in [4.78, 5) is 2.55. The Morgan fingerprint density at radius 2 is 1.95 bits per heavy atom. The minimum atomic E-state index is 0.847. The van der Waals surface area contributed by atoms with E-state index >= 15 is 0 Å². The molecule has 2 heterocycles. The second kappa shape index (κ2) is 6.53. The summed E-state index contributed by atoms with van der Waals surface area (Å²) in [7, 11) is 2.02. The standard InChI is InChI=1S/C15H28N4/c1-5-19-8-6-14(7-9-19)10-16-11-15-12(2)17-18(4)13(15)3/h14,16H,5-11H2,1-4H3. The van der Waals surface area contributed by atoms with E-state index in [9.17, 15) is 0 Å². The number of likely N-dealkylation sites (tertiary alicyclic amines) is 1. The lowest BCUT2D eigenvalue weighted by Crippen LogP contribution is -2.37. The molecule has 0 aromatic carbocycles. The molecule has 1 N–H and O–H groups in total. The predicted octanol–water partition coefficient (Wildman–Crippen LogP) is 1.86. The molecule has 19 heavy (non-hydrogen) atoms. The average molecular weight is 264 g/mol. The molecule has 0 unspecified atom stereocenters. The van der Waals surface area contributed by atoms with E-state index < -0.39 is 0 Å². The molecule has 0 atom stereocenters. The van der Waals surface area contributed by atoms with Crippen LogP contribution in [0, 0.1) is 19.8 Å². The molecule has 1 saturated heterocycles. The zero-order valence-corrected chi connectivity index (χ0v) is 12.9. The largest absolute Gasteiger partial charge is 0.312 e. The molecule has 108 valence electrons. The fourth-order valence-corrected chi connectivity index (χ4v) is 2.98. The zero-order chi connectivity index (χ0) is 13.8. The van der Waals surface area contributed by atoms with Gasteiger partial charge in [-0.15, -0.1) is 0 Å². The molecule has 0 spiro atoms. The molecule has 0 amide bonds. The topological polar surface area (TPSA) is 33.1 Å². The fourth-order valence-electron chi connectivity index (χ4n) is 2.98. The summed E-state index contributed by atoms with van der Waals surface area (Å²) >= 11 is 0. The van der Waals surface area contributed by atoms with Gasteiger partial charge in [-0.05, 0) is 58.8 Å². The maximum Gasteiger partial charge on any atom is 0.0641 e. The molecule has 0 saturated carbocycles. The summed E-state index contributed by atoms with van der Waals surface area (Å²) in [6, 6.07) is 0. The summed E-state index contributed by atoms with van der Waals surface area (Å²) in [5, 5.41) is 8.09.